The van der Waals surface area contributed by atoms with Crippen molar-refractivity contribution in [2.24, 2.45) is 5.73 Å². The Hall–Kier alpha value is -2.31. The number of rotatable bonds is 4. The van der Waals surface area contributed by atoms with E-state index in [9.17, 15) is 0 Å². The molecular formula is C21H27ClN6. The van der Waals surface area contributed by atoms with Gasteiger partial charge in [0.2, 0.25) is 5.95 Å². The quantitative estimate of drug-likeness (QED) is 0.576. The lowest BCUT2D eigenvalue weighted by atomic mass is 9.80. The van der Waals surface area contributed by atoms with Crippen LogP contribution in [0, 0.1) is 0 Å². The van der Waals surface area contributed by atoms with Crippen molar-refractivity contribution >= 4 is 40.1 Å². The molecule has 1 fully saturated rings. The third-order valence-corrected chi connectivity index (χ3v) is 5.82. The van der Waals surface area contributed by atoms with E-state index >= 15 is 0 Å². The monoisotopic (exact) mass is 398 g/mol. The normalized spacial score (nSPS) is 20.0. The molecule has 2 heterocycles. The van der Waals surface area contributed by atoms with Crippen molar-refractivity contribution in [2.75, 3.05) is 11.1 Å². The minimum absolute atomic E-state index is 0.150. The molecule has 1 saturated carbocycles. The van der Waals surface area contributed by atoms with Crippen molar-refractivity contribution in [1.29, 1.82) is 0 Å². The zero-order chi connectivity index (χ0) is 19.8. The van der Waals surface area contributed by atoms with Gasteiger partial charge in [-0.1, -0.05) is 30.5 Å². The highest BCUT2D eigenvalue weighted by atomic mass is 35.5. The van der Waals surface area contributed by atoms with E-state index in [4.69, 9.17) is 23.1 Å². The van der Waals surface area contributed by atoms with Crippen LogP contribution in [-0.2, 0) is 0 Å². The molecule has 0 saturated heterocycles. The van der Waals surface area contributed by atoms with Crippen molar-refractivity contribution in [1.82, 2.24) is 14.5 Å². The third-order valence-electron chi connectivity index (χ3n) is 5.58. The second-order valence-corrected chi connectivity index (χ2v) is 8.34. The molecule has 3 aromatic rings. The van der Waals surface area contributed by atoms with Crippen LogP contribution < -0.4 is 16.8 Å². The van der Waals surface area contributed by atoms with Crippen LogP contribution in [0.2, 0.25) is 5.02 Å². The SMILES string of the molecule is CC(C)n1cc(C2CCCCC2N)c2c(Nc3cccc(Cl)c3)nc(N)nc21. The number of nitrogens with one attached hydrogen (secondary N) is 1. The maximum absolute atomic E-state index is 6.53. The van der Waals surface area contributed by atoms with E-state index in [0.717, 1.165) is 29.6 Å². The molecule has 28 heavy (non-hydrogen) atoms. The molecule has 1 aromatic carbocycles. The molecule has 5 N–H and O–H groups in total. The van der Waals surface area contributed by atoms with Gasteiger partial charge in [-0.25, -0.2) is 0 Å². The first-order valence-electron chi connectivity index (χ1n) is 9.90. The first-order chi connectivity index (χ1) is 13.4. The van der Waals surface area contributed by atoms with Gasteiger partial charge in [0.25, 0.3) is 0 Å². The zero-order valence-electron chi connectivity index (χ0n) is 16.3. The van der Waals surface area contributed by atoms with E-state index in [0.29, 0.717) is 16.8 Å². The van der Waals surface area contributed by atoms with Gasteiger partial charge in [-0.2, -0.15) is 9.97 Å². The molecule has 2 atom stereocenters. The molecule has 7 heteroatoms. The molecule has 2 aromatic heterocycles. The fourth-order valence-corrected chi connectivity index (χ4v) is 4.40. The van der Waals surface area contributed by atoms with Crippen LogP contribution >= 0.6 is 11.6 Å². The Kier molecular flexibility index (Phi) is 5.17. The van der Waals surface area contributed by atoms with E-state index in [1.54, 1.807) is 0 Å². The Morgan fingerprint density at radius 3 is 2.71 bits per heavy atom. The fraction of sp³-hybridized carbons (Fsp3) is 0.429. The summed E-state index contributed by atoms with van der Waals surface area (Å²) >= 11 is 6.16. The smallest absolute Gasteiger partial charge is 0.224 e. The predicted molar refractivity (Wildman–Crippen MR) is 116 cm³/mol. The number of nitrogens with zero attached hydrogens (tertiary/aromatic N) is 3. The zero-order valence-corrected chi connectivity index (χ0v) is 17.1. The molecule has 2 unspecified atom stereocenters. The maximum Gasteiger partial charge on any atom is 0.224 e. The standard InChI is InChI=1S/C21H27ClN6/c1-12(2)28-11-16(15-8-3-4-9-17(15)23)18-19(26-21(24)27-20(18)28)25-14-7-5-6-13(22)10-14/h5-7,10-12,15,17H,3-4,8-9,23H2,1-2H3,(H3,24,25,26,27). The minimum atomic E-state index is 0.150. The van der Waals surface area contributed by atoms with Gasteiger partial charge in [-0.15, -0.1) is 0 Å². The Balaban J connectivity index is 1.91. The van der Waals surface area contributed by atoms with Crippen LogP contribution in [-0.4, -0.2) is 20.6 Å². The molecular weight excluding hydrogens is 372 g/mol. The van der Waals surface area contributed by atoms with Crippen molar-refractivity contribution in [3.63, 3.8) is 0 Å². The van der Waals surface area contributed by atoms with Gasteiger partial charge >= 0.3 is 0 Å². The topological polar surface area (TPSA) is 94.8 Å². The average Bonchev–Trinajstić information content (AvgIpc) is 3.01. The minimum Gasteiger partial charge on any atom is -0.368 e. The lowest BCUT2D eigenvalue weighted by molar-refractivity contribution is 0.386. The van der Waals surface area contributed by atoms with Crippen LogP contribution in [0.4, 0.5) is 17.5 Å². The fourth-order valence-electron chi connectivity index (χ4n) is 4.21. The van der Waals surface area contributed by atoms with E-state index in [1.165, 1.54) is 18.4 Å². The number of aromatic nitrogens is 3. The summed E-state index contributed by atoms with van der Waals surface area (Å²) < 4.78 is 2.17. The summed E-state index contributed by atoms with van der Waals surface area (Å²) in [5.74, 6) is 1.25. The molecule has 148 valence electrons. The summed E-state index contributed by atoms with van der Waals surface area (Å²) in [4.78, 5) is 9.12. The van der Waals surface area contributed by atoms with E-state index in [-0.39, 0.29) is 18.0 Å². The van der Waals surface area contributed by atoms with Gasteiger partial charge in [0, 0.05) is 34.9 Å². The number of fused-ring (bicyclic) bond motifs is 1. The maximum atomic E-state index is 6.53. The highest BCUT2D eigenvalue weighted by Crippen LogP contribution is 2.40. The Morgan fingerprint density at radius 2 is 2.00 bits per heavy atom. The van der Waals surface area contributed by atoms with Crippen LogP contribution in [0.1, 0.15) is 57.1 Å². The summed E-state index contributed by atoms with van der Waals surface area (Å²) in [6.45, 7) is 4.29. The van der Waals surface area contributed by atoms with Crippen LogP contribution in [0.3, 0.4) is 0 Å². The average molecular weight is 399 g/mol. The number of nitrogens with two attached hydrogens (primary N) is 2. The van der Waals surface area contributed by atoms with Crippen molar-refractivity contribution in [2.45, 2.75) is 57.5 Å². The predicted octanol–water partition coefficient (Wildman–Crippen LogP) is 4.98. The summed E-state index contributed by atoms with van der Waals surface area (Å²) in [5.41, 5.74) is 15.5. The molecule has 4 rings (SSSR count). The van der Waals surface area contributed by atoms with Gasteiger partial charge in [0.05, 0.1) is 5.39 Å². The molecule has 0 bridgehead atoms. The molecule has 1 aliphatic rings. The first-order valence-corrected chi connectivity index (χ1v) is 10.3. The van der Waals surface area contributed by atoms with Crippen LogP contribution in [0.15, 0.2) is 30.5 Å². The second-order valence-electron chi connectivity index (χ2n) is 7.90. The molecule has 1 aliphatic carbocycles. The summed E-state index contributed by atoms with van der Waals surface area (Å²) in [5, 5.41) is 5.07. The number of halogens is 1. The molecule has 0 amide bonds. The second kappa shape index (κ2) is 7.60. The Bertz CT molecular complexity index is 996. The van der Waals surface area contributed by atoms with E-state index < -0.39 is 0 Å². The summed E-state index contributed by atoms with van der Waals surface area (Å²) in [6, 6.07) is 7.99. The van der Waals surface area contributed by atoms with Gasteiger partial charge in [0.15, 0.2) is 0 Å². The van der Waals surface area contributed by atoms with Crippen molar-refractivity contribution in [3.05, 3.63) is 41.0 Å². The number of benzene rings is 1. The molecule has 6 nitrogen and oxygen atoms in total. The first kappa shape index (κ1) is 19.0. The third kappa shape index (κ3) is 3.54. The van der Waals surface area contributed by atoms with Crippen molar-refractivity contribution < 1.29 is 0 Å². The summed E-state index contributed by atoms with van der Waals surface area (Å²) in [6.07, 6.45) is 6.71. The van der Waals surface area contributed by atoms with E-state index in [2.05, 4.69) is 39.9 Å². The number of anilines is 3. The summed E-state index contributed by atoms with van der Waals surface area (Å²) in [7, 11) is 0. The van der Waals surface area contributed by atoms with E-state index in [1.807, 2.05) is 24.3 Å². The number of hydrogen-bond donors (Lipinski definition) is 3. The van der Waals surface area contributed by atoms with Gasteiger partial charge in [-0.3, -0.25) is 0 Å². The van der Waals surface area contributed by atoms with Crippen LogP contribution in [0.25, 0.3) is 11.0 Å². The molecule has 0 aliphatic heterocycles. The highest BCUT2D eigenvalue weighted by molar-refractivity contribution is 6.30. The number of nitrogen functional groups attached to an aromatic ring is 1. The van der Waals surface area contributed by atoms with Gasteiger partial charge in [0.1, 0.15) is 11.5 Å². The highest BCUT2D eigenvalue weighted by Gasteiger charge is 2.29. The lowest BCUT2D eigenvalue weighted by Crippen LogP contribution is -2.31. The van der Waals surface area contributed by atoms with Gasteiger partial charge < -0.3 is 21.4 Å². The van der Waals surface area contributed by atoms with Crippen molar-refractivity contribution in [3.8, 4) is 0 Å². The Morgan fingerprint density at radius 1 is 1.21 bits per heavy atom. The van der Waals surface area contributed by atoms with Crippen LogP contribution in [0.5, 0.6) is 0 Å². The van der Waals surface area contributed by atoms with Gasteiger partial charge in [-0.05, 0) is 50.5 Å². The lowest BCUT2D eigenvalue weighted by Gasteiger charge is -2.28. The number of hydrogen-bond acceptors (Lipinski definition) is 5. The Labute approximate surface area is 170 Å². The molecule has 0 spiro atoms. The largest absolute Gasteiger partial charge is 0.368 e. The molecule has 0 radical (unpaired) electrons.